The van der Waals surface area contributed by atoms with Crippen molar-refractivity contribution in [1.29, 1.82) is 0 Å². The van der Waals surface area contributed by atoms with Crippen LogP contribution in [0.1, 0.15) is 17.5 Å². The molecule has 74 valence electrons. The van der Waals surface area contributed by atoms with Gasteiger partial charge in [-0.15, -0.1) is 11.3 Å². The van der Waals surface area contributed by atoms with Crippen LogP contribution in [0.4, 0.5) is 5.13 Å². The summed E-state index contributed by atoms with van der Waals surface area (Å²) in [4.78, 5) is 8.14. The van der Waals surface area contributed by atoms with E-state index in [1.807, 2.05) is 0 Å². The van der Waals surface area contributed by atoms with E-state index in [9.17, 15) is 0 Å². The largest absolute Gasteiger partial charge is 0.348 e. The first-order chi connectivity index (χ1) is 6.19. The van der Waals surface area contributed by atoms with Crippen LogP contribution < -0.4 is 4.90 Å². The fourth-order valence-electron chi connectivity index (χ4n) is 1.08. The lowest BCUT2D eigenvalue weighted by Crippen LogP contribution is -2.24. The van der Waals surface area contributed by atoms with Gasteiger partial charge in [-0.2, -0.15) is 0 Å². The number of halogens is 1. The molecule has 0 atom stereocenters. The molecule has 4 heteroatoms. The Morgan fingerprint density at radius 3 is 2.54 bits per heavy atom. The van der Waals surface area contributed by atoms with Gasteiger partial charge in [-0.1, -0.05) is 15.9 Å². The average Bonchev–Trinajstić information content (AvgIpc) is 2.43. The molecule has 0 fully saturated rings. The van der Waals surface area contributed by atoms with Gasteiger partial charge in [-0.25, -0.2) is 4.98 Å². The fourth-order valence-corrected chi connectivity index (χ4v) is 2.51. The van der Waals surface area contributed by atoms with Crippen LogP contribution in [0, 0.1) is 13.8 Å². The van der Waals surface area contributed by atoms with E-state index in [4.69, 9.17) is 0 Å². The van der Waals surface area contributed by atoms with E-state index in [1.54, 1.807) is 11.3 Å². The molecular formula is C9H15BrN2S. The first kappa shape index (κ1) is 11.0. The number of thiazole rings is 1. The quantitative estimate of drug-likeness (QED) is 0.776. The molecule has 0 aliphatic heterocycles. The predicted molar refractivity (Wildman–Crippen MR) is 63.3 cm³/mol. The molecule has 0 spiro atoms. The normalized spacial score (nSPS) is 10.5. The highest BCUT2D eigenvalue weighted by Gasteiger charge is 2.09. The van der Waals surface area contributed by atoms with Crippen molar-refractivity contribution >= 4 is 32.4 Å². The van der Waals surface area contributed by atoms with Crippen LogP contribution in [-0.2, 0) is 0 Å². The van der Waals surface area contributed by atoms with Crippen molar-refractivity contribution in [3.63, 3.8) is 0 Å². The summed E-state index contributed by atoms with van der Waals surface area (Å²) in [5.74, 6) is 0. The SMILES string of the molecule is CCN(CCBr)c1nc(C)c(C)s1. The van der Waals surface area contributed by atoms with Gasteiger partial charge in [-0.05, 0) is 20.8 Å². The standard InChI is InChI=1S/C9H15BrN2S/c1-4-12(6-5-10)9-11-7(2)8(3)13-9/h4-6H2,1-3H3. The van der Waals surface area contributed by atoms with Crippen molar-refractivity contribution < 1.29 is 0 Å². The molecule has 0 saturated carbocycles. The van der Waals surface area contributed by atoms with Crippen LogP contribution in [0.15, 0.2) is 0 Å². The second kappa shape index (κ2) is 4.96. The maximum absolute atomic E-state index is 4.52. The van der Waals surface area contributed by atoms with Crippen LogP contribution in [0.2, 0.25) is 0 Å². The molecule has 0 aliphatic rings. The van der Waals surface area contributed by atoms with Gasteiger partial charge < -0.3 is 4.90 Å². The Morgan fingerprint density at radius 1 is 1.46 bits per heavy atom. The topological polar surface area (TPSA) is 16.1 Å². The Kier molecular flexibility index (Phi) is 4.19. The molecule has 0 unspecified atom stereocenters. The number of hydrogen-bond acceptors (Lipinski definition) is 3. The Hall–Kier alpha value is -0.0900. The van der Waals surface area contributed by atoms with Crippen molar-refractivity contribution in [2.75, 3.05) is 23.3 Å². The summed E-state index contributed by atoms with van der Waals surface area (Å²) in [5, 5.41) is 2.15. The average molecular weight is 263 g/mol. The molecule has 1 rings (SSSR count). The van der Waals surface area contributed by atoms with Crippen molar-refractivity contribution in [2.45, 2.75) is 20.8 Å². The summed E-state index contributed by atoms with van der Waals surface area (Å²) in [7, 11) is 0. The summed E-state index contributed by atoms with van der Waals surface area (Å²) in [5.41, 5.74) is 1.16. The molecule has 1 aromatic rings. The lowest BCUT2D eigenvalue weighted by molar-refractivity contribution is 0.866. The zero-order valence-corrected chi connectivity index (χ0v) is 10.7. The van der Waals surface area contributed by atoms with Gasteiger partial charge in [0.25, 0.3) is 0 Å². The number of rotatable bonds is 4. The van der Waals surface area contributed by atoms with Gasteiger partial charge in [0.05, 0.1) is 5.69 Å². The number of aryl methyl sites for hydroxylation is 2. The molecule has 0 amide bonds. The van der Waals surface area contributed by atoms with Gasteiger partial charge in [-0.3, -0.25) is 0 Å². The maximum Gasteiger partial charge on any atom is 0.185 e. The van der Waals surface area contributed by atoms with Crippen LogP contribution in [0.5, 0.6) is 0 Å². The smallest absolute Gasteiger partial charge is 0.185 e. The van der Waals surface area contributed by atoms with Crippen molar-refractivity contribution in [3.8, 4) is 0 Å². The molecule has 1 heterocycles. The summed E-state index contributed by atoms with van der Waals surface area (Å²) in [6.07, 6.45) is 0. The van der Waals surface area contributed by atoms with Gasteiger partial charge in [0, 0.05) is 23.3 Å². The Bertz CT molecular complexity index is 253. The minimum Gasteiger partial charge on any atom is -0.348 e. The number of aromatic nitrogens is 1. The molecule has 0 radical (unpaired) electrons. The fraction of sp³-hybridized carbons (Fsp3) is 0.667. The first-order valence-electron chi connectivity index (χ1n) is 4.44. The molecular weight excluding hydrogens is 248 g/mol. The third-order valence-corrected chi connectivity index (χ3v) is 3.51. The Labute approximate surface area is 92.1 Å². The van der Waals surface area contributed by atoms with Crippen molar-refractivity contribution in [1.82, 2.24) is 4.98 Å². The Morgan fingerprint density at radius 2 is 2.15 bits per heavy atom. The minimum atomic E-state index is 0.999. The number of alkyl halides is 1. The van der Waals surface area contributed by atoms with E-state index in [2.05, 4.69) is 46.6 Å². The monoisotopic (exact) mass is 262 g/mol. The van der Waals surface area contributed by atoms with Gasteiger partial charge in [0.1, 0.15) is 0 Å². The second-order valence-corrected chi connectivity index (χ2v) is 4.88. The third kappa shape index (κ3) is 2.68. The van der Waals surface area contributed by atoms with Gasteiger partial charge in [0.15, 0.2) is 5.13 Å². The van der Waals surface area contributed by atoms with Crippen LogP contribution >= 0.6 is 27.3 Å². The summed E-state index contributed by atoms with van der Waals surface area (Å²) >= 11 is 5.23. The maximum atomic E-state index is 4.52. The highest BCUT2D eigenvalue weighted by Crippen LogP contribution is 2.24. The molecule has 0 bridgehead atoms. The van der Waals surface area contributed by atoms with E-state index in [0.717, 1.165) is 29.2 Å². The second-order valence-electron chi connectivity index (χ2n) is 2.91. The predicted octanol–water partition coefficient (Wildman–Crippen LogP) is 2.98. The zero-order chi connectivity index (χ0) is 9.84. The van der Waals surface area contributed by atoms with E-state index >= 15 is 0 Å². The van der Waals surface area contributed by atoms with Crippen LogP contribution in [0.25, 0.3) is 0 Å². The van der Waals surface area contributed by atoms with E-state index in [1.165, 1.54) is 4.88 Å². The lowest BCUT2D eigenvalue weighted by Gasteiger charge is -2.17. The number of anilines is 1. The molecule has 0 N–H and O–H groups in total. The number of nitrogens with zero attached hydrogens (tertiary/aromatic N) is 2. The molecule has 0 saturated heterocycles. The van der Waals surface area contributed by atoms with E-state index in [0.29, 0.717) is 0 Å². The third-order valence-electron chi connectivity index (χ3n) is 2.02. The van der Waals surface area contributed by atoms with Crippen molar-refractivity contribution in [2.24, 2.45) is 0 Å². The molecule has 0 aromatic carbocycles. The van der Waals surface area contributed by atoms with Gasteiger partial charge >= 0.3 is 0 Å². The zero-order valence-electron chi connectivity index (χ0n) is 8.30. The van der Waals surface area contributed by atoms with E-state index in [-0.39, 0.29) is 0 Å². The van der Waals surface area contributed by atoms with Crippen molar-refractivity contribution in [3.05, 3.63) is 10.6 Å². The van der Waals surface area contributed by atoms with Crippen LogP contribution in [0.3, 0.4) is 0 Å². The van der Waals surface area contributed by atoms with Crippen LogP contribution in [-0.4, -0.2) is 23.4 Å². The molecule has 0 aliphatic carbocycles. The molecule has 2 nitrogen and oxygen atoms in total. The summed E-state index contributed by atoms with van der Waals surface area (Å²) in [6, 6.07) is 0. The van der Waals surface area contributed by atoms with E-state index < -0.39 is 0 Å². The lowest BCUT2D eigenvalue weighted by atomic mass is 10.4. The first-order valence-corrected chi connectivity index (χ1v) is 6.37. The minimum absolute atomic E-state index is 0.999. The molecule has 1 aromatic heterocycles. The Balaban J connectivity index is 2.78. The highest BCUT2D eigenvalue weighted by atomic mass is 79.9. The molecule has 13 heavy (non-hydrogen) atoms. The summed E-state index contributed by atoms with van der Waals surface area (Å²) < 4.78 is 0. The van der Waals surface area contributed by atoms with Gasteiger partial charge in [0.2, 0.25) is 0 Å². The summed E-state index contributed by atoms with van der Waals surface area (Å²) in [6.45, 7) is 8.41. The highest BCUT2D eigenvalue weighted by molar-refractivity contribution is 9.09. The number of hydrogen-bond donors (Lipinski definition) is 0.